The van der Waals surface area contributed by atoms with E-state index in [4.69, 9.17) is 4.52 Å². The quantitative estimate of drug-likeness (QED) is 0.850. The van der Waals surface area contributed by atoms with Crippen LogP contribution < -0.4 is 5.32 Å². The molecule has 2 amide bonds. The first kappa shape index (κ1) is 16.4. The van der Waals surface area contributed by atoms with Crippen LogP contribution in [0, 0.1) is 0 Å². The van der Waals surface area contributed by atoms with E-state index in [2.05, 4.69) is 15.5 Å². The Hall–Kier alpha value is -1.63. The van der Waals surface area contributed by atoms with Crippen molar-refractivity contribution < 1.29 is 14.4 Å². The summed E-state index contributed by atoms with van der Waals surface area (Å²) in [7, 11) is 1.68. The summed E-state index contributed by atoms with van der Waals surface area (Å²) in [6.45, 7) is 8.34. The van der Waals surface area contributed by atoms with Crippen LogP contribution in [0.2, 0.25) is 0 Å². The number of carbonyl (C=O) groups is 1. The van der Waals surface area contributed by atoms with Gasteiger partial charge in [0.05, 0.1) is 12.6 Å². The van der Waals surface area contributed by atoms with E-state index in [1.807, 2.05) is 20.8 Å². The Morgan fingerprint density at radius 3 is 2.65 bits per heavy atom. The Labute approximate surface area is 119 Å². The van der Waals surface area contributed by atoms with Gasteiger partial charge in [0.25, 0.3) is 0 Å². The predicted molar refractivity (Wildman–Crippen MR) is 74.2 cm³/mol. The molecule has 1 rings (SSSR count). The van der Waals surface area contributed by atoms with Crippen molar-refractivity contribution >= 4 is 6.03 Å². The maximum Gasteiger partial charge on any atom is 0.317 e. The second-order valence-corrected chi connectivity index (χ2v) is 5.98. The first-order chi connectivity index (χ1) is 9.20. The van der Waals surface area contributed by atoms with Gasteiger partial charge in [0.15, 0.2) is 5.82 Å². The zero-order chi connectivity index (χ0) is 15.3. The summed E-state index contributed by atoms with van der Waals surface area (Å²) >= 11 is 0. The third-order valence-electron chi connectivity index (χ3n) is 2.74. The van der Waals surface area contributed by atoms with Crippen molar-refractivity contribution in [1.82, 2.24) is 20.4 Å². The Balaban J connectivity index is 2.43. The Morgan fingerprint density at radius 2 is 2.15 bits per heavy atom. The Bertz CT molecular complexity index is 437. The second-order valence-electron chi connectivity index (χ2n) is 5.98. The van der Waals surface area contributed by atoms with Gasteiger partial charge in [-0.3, -0.25) is 0 Å². The molecule has 0 bridgehead atoms. The summed E-state index contributed by atoms with van der Waals surface area (Å²) in [5.74, 6) is 0.997. The SMILES string of the molecule is CC(O)CCN(C)C(=O)NCc1noc(C(C)(C)C)n1. The number of nitrogens with zero attached hydrogens (tertiary/aromatic N) is 3. The van der Waals surface area contributed by atoms with Crippen LogP contribution in [-0.2, 0) is 12.0 Å². The third kappa shape index (κ3) is 5.16. The molecule has 0 saturated carbocycles. The Kier molecular flexibility index (Phi) is 5.50. The largest absolute Gasteiger partial charge is 0.393 e. The van der Waals surface area contributed by atoms with Crippen LogP contribution >= 0.6 is 0 Å². The zero-order valence-corrected chi connectivity index (χ0v) is 12.8. The van der Waals surface area contributed by atoms with Gasteiger partial charge >= 0.3 is 6.03 Å². The van der Waals surface area contributed by atoms with Crippen molar-refractivity contribution in [2.45, 2.75) is 52.2 Å². The van der Waals surface area contributed by atoms with Gasteiger partial charge < -0.3 is 19.8 Å². The lowest BCUT2D eigenvalue weighted by Crippen LogP contribution is -2.38. The van der Waals surface area contributed by atoms with Gasteiger partial charge in [0.2, 0.25) is 5.89 Å². The average Bonchev–Trinajstić information content (AvgIpc) is 2.81. The van der Waals surface area contributed by atoms with Crippen molar-refractivity contribution in [3.8, 4) is 0 Å². The number of amides is 2. The van der Waals surface area contributed by atoms with Gasteiger partial charge in [-0.2, -0.15) is 4.98 Å². The van der Waals surface area contributed by atoms with Crippen molar-refractivity contribution in [1.29, 1.82) is 0 Å². The molecule has 0 aliphatic heterocycles. The molecular weight excluding hydrogens is 260 g/mol. The van der Waals surface area contributed by atoms with E-state index in [0.717, 1.165) is 0 Å². The van der Waals surface area contributed by atoms with Gasteiger partial charge in [-0.05, 0) is 13.3 Å². The number of hydrogen-bond donors (Lipinski definition) is 2. The van der Waals surface area contributed by atoms with Crippen LogP contribution in [0.1, 0.15) is 45.8 Å². The van der Waals surface area contributed by atoms with Gasteiger partial charge in [0.1, 0.15) is 0 Å². The van der Waals surface area contributed by atoms with E-state index in [1.165, 1.54) is 4.90 Å². The molecule has 0 fully saturated rings. The lowest BCUT2D eigenvalue weighted by Gasteiger charge is -2.18. The third-order valence-corrected chi connectivity index (χ3v) is 2.74. The monoisotopic (exact) mass is 284 g/mol. The lowest BCUT2D eigenvalue weighted by molar-refractivity contribution is 0.163. The number of nitrogens with one attached hydrogen (secondary N) is 1. The normalized spacial score (nSPS) is 13.1. The van der Waals surface area contributed by atoms with Gasteiger partial charge in [0, 0.05) is 19.0 Å². The van der Waals surface area contributed by atoms with Crippen LogP contribution in [0.15, 0.2) is 4.52 Å². The molecule has 114 valence electrons. The van der Waals surface area contributed by atoms with Crippen LogP contribution in [-0.4, -0.2) is 45.9 Å². The smallest absolute Gasteiger partial charge is 0.317 e. The maximum absolute atomic E-state index is 11.8. The summed E-state index contributed by atoms with van der Waals surface area (Å²) in [4.78, 5) is 17.5. The molecule has 1 atom stereocenters. The highest BCUT2D eigenvalue weighted by molar-refractivity contribution is 5.73. The molecule has 0 spiro atoms. The van der Waals surface area contributed by atoms with Gasteiger partial charge in [-0.1, -0.05) is 25.9 Å². The molecule has 0 aromatic carbocycles. The van der Waals surface area contributed by atoms with E-state index in [0.29, 0.717) is 24.7 Å². The highest BCUT2D eigenvalue weighted by atomic mass is 16.5. The fourth-order valence-corrected chi connectivity index (χ4v) is 1.40. The molecule has 2 N–H and O–H groups in total. The lowest BCUT2D eigenvalue weighted by atomic mass is 9.97. The topological polar surface area (TPSA) is 91.5 Å². The first-order valence-corrected chi connectivity index (χ1v) is 6.70. The molecule has 1 heterocycles. The number of carbonyl (C=O) groups excluding carboxylic acids is 1. The standard InChI is InChI=1S/C13H24N4O3/c1-9(18)6-7-17(5)12(19)14-8-10-15-11(20-16-10)13(2,3)4/h9,18H,6-8H2,1-5H3,(H,14,19). The highest BCUT2D eigenvalue weighted by Crippen LogP contribution is 2.19. The van der Waals surface area contributed by atoms with Crippen LogP contribution in [0.25, 0.3) is 0 Å². The van der Waals surface area contributed by atoms with Crippen LogP contribution in [0.3, 0.4) is 0 Å². The van der Waals surface area contributed by atoms with E-state index in [1.54, 1.807) is 14.0 Å². The zero-order valence-electron chi connectivity index (χ0n) is 12.8. The summed E-state index contributed by atoms with van der Waals surface area (Å²) in [5, 5.41) is 15.7. The molecule has 20 heavy (non-hydrogen) atoms. The molecule has 1 aromatic heterocycles. The number of rotatable bonds is 5. The molecule has 0 radical (unpaired) electrons. The Morgan fingerprint density at radius 1 is 1.50 bits per heavy atom. The minimum absolute atomic E-state index is 0.205. The number of urea groups is 1. The summed E-state index contributed by atoms with van der Waals surface area (Å²) in [5.41, 5.74) is -0.205. The fourth-order valence-electron chi connectivity index (χ4n) is 1.40. The van der Waals surface area contributed by atoms with Gasteiger partial charge in [-0.25, -0.2) is 4.79 Å². The first-order valence-electron chi connectivity index (χ1n) is 6.70. The van der Waals surface area contributed by atoms with Crippen LogP contribution in [0.4, 0.5) is 4.79 Å². The van der Waals surface area contributed by atoms with Crippen molar-refractivity contribution in [2.75, 3.05) is 13.6 Å². The summed E-state index contributed by atoms with van der Waals surface area (Å²) in [6.07, 6.45) is 0.122. The maximum atomic E-state index is 11.8. The molecule has 1 aromatic rings. The average molecular weight is 284 g/mol. The molecule has 0 aliphatic rings. The number of aliphatic hydroxyl groups is 1. The minimum atomic E-state index is -0.420. The molecule has 0 saturated heterocycles. The predicted octanol–water partition coefficient (Wildman–Crippen LogP) is 1.28. The second kappa shape index (κ2) is 6.69. The minimum Gasteiger partial charge on any atom is -0.393 e. The molecule has 0 aliphatic carbocycles. The molecule has 7 heteroatoms. The molecule has 7 nitrogen and oxygen atoms in total. The van der Waals surface area contributed by atoms with Gasteiger partial charge in [-0.15, -0.1) is 0 Å². The number of aliphatic hydroxyl groups excluding tert-OH is 1. The number of aromatic nitrogens is 2. The fraction of sp³-hybridized carbons (Fsp3) is 0.769. The van der Waals surface area contributed by atoms with Crippen molar-refractivity contribution in [2.24, 2.45) is 0 Å². The summed E-state index contributed by atoms with van der Waals surface area (Å²) in [6, 6.07) is -0.229. The van der Waals surface area contributed by atoms with E-state index in [-0.39, 0.29) is 18.0 Å². The highest BCUT2D eigenvalue weighted by Gasteiger charge is 2.21. The van der Waals surface area contributed by atoms with Crippen molar-refractivity contribution in [3.05, 3.63) is 11.7 Å². The molecule has 1 unspecified atom stereocenters. The van der Waals surface area contributed by atoms with E-state index in [9.17, 15) is 9.90 Å². The van der Waals surface area contributed by atoms with E-state index >= 15 is 0 Å². The number of hydrogen-bond acceptors (Lipinski definition) is 5. The summed E-state index contributed by atoms with van der Waals surface area (Å²) < 4.78 is 5.14. The molecular formula is C13H24N4O3. The van der Waals surface area contributed by atoms with Crippen LogP contribution in [0.5, 0.6) is 0 Å². The van der Waals surface area contributed by atoms with E-state index < -0.39 is 6.10 Å². The van der Waals surface area contributed by atoms with Crippen molar-refractivity contribution in [3.63, 3.8) is 0 Å².